The lowest BCUT2D eigenvalue weighted by atomic mass is 10.00. The molecule has 0 bridgehead atoms. The third-order valence-corrected chi connectivity index (χ3v) is 6.54. The van der Waals surface area contributed by atoms with Gasteiger partial charge in [-0.05, 0) is 30.4 Å². The maximum Gasteiger partial charge on any atom is 0.226 e. The normalized spacial score (nSPS) is 15.2. The number of likely N-dealkylation sites (tertiary alicyclic amines) is 1. The van der Waals surface area contributed by atoms with Crippen LogP contribution in [0, 0.1) is 0 Å². The smallest absolute Gasteiger partial charge is 0.226 e. The minimum absolute atomic E-state index is 0.0396. The van der Waals surface area contributed by atoms with Crippen molar-refractivity contribution >= 4 is 22.4 Å². The number of carbonyl (C=O) groups excluding carboxylic acids is 1. The van der Waals surface area contributed by atoms with Crippen LogP contribution in [-0.2, 0) is 16.1 Å². The van der Waals surface area contributed by atoms with Crippen LogP contribution in [0.2, 0.25) is 0 Å². The Bertz CT molecular complexity index is 930. The summed E-state index contributed by atoms with van der Waals surface area (Å²) in [5.41, 5.74) is 3.41. The highest BCUT2D eigenvalue weighted by molar-refractivity contribution is 7.13. The highest BCUT2D eigenvalue weighted by Crippen LogP contribution is 2.30. The van der Waals surface area contributed by atoms with Crippen LogP contribution in [0.1, 0.15) is 55.5 Å². The number of amides is 1. The largest absolute Gasteiger partial charge is 0.365 e. The number of piperidine rings is 1. The average molecular weight is 450 g/mol. The van der Waals surface area contributed by atoms with Gasteiger partial charge in [-0.25, -0.2) is 4.98 Å². The Balaban J connectivity index is 1.31. The van der Waals surface area contributed by atoms with Gasteiger partial charge in [0.15, 0.2) is 5.13 Å². The number of hydrogen-bond donors (Lipinski definition) is 1. The molecule has 32 heavy (non-hydrogen) atoms. The minimum atomic E-state index is -0.0400. The second kappa shape index (κ2) is 11.4. The molecule has 0 atom stereocenters. The fourth-order valence-corrected chi connectivity index (χ4v) is 4.79. The van der Waals surface area contributed by atoms with Crippen molar-refractivity contribution in [1.29, 1.82) is 0 Å². The Hall–Kier alpha value is -2.54. The van der Waals surface area contributed by atoms with E-state index in [0.717, 1.165) is 44.6 Å². The third-order valence-electron chi connectivity index (χ3n) is 5.73. The third kappa shape index (κ3) is 6.25. The molecule has 1 amide bonds. The zero-order valence-electron chi connectivity index (χ0n) is 18.6. The standard InChI is InChI=1S/C26H31N3O2S/c1-2-9-24(30)28-26-27-22(19-32-26)18-29-16-14-23(15-17-29)31-25(20-10-5-3-6-11-20)21-12-7-4-8-13-21/h3-8,10-13,19,23,25H,2,9,14-18H2,1H3,(H,27,28,30). The first-order chi connectivity index (χ1) is 15.7. The molecular weight excluding hydrogens is 418 g/mol. The van der Waals surface area contributed by atoms with Gasteiger partial charge in [0.2, 0.25) is 5.91 Å². The number of aromatic nitrogens is 1. The van der Waals surface area contributed by atoms with Crippen molar-refractivity contribution in [2.75, 3.05) is 18.4 Å². The fraction of sp³-hybridized carbons (Fsp3) is 0.385. The van der Waals surface area contributed by atoms with Gasteiger partial charge in [-0.3, -0.25) is 9.69 Å². The monoisotopic (exact) mass is 449 g/mol. The van der Waals surface area contributed by atoms with Crippen LogP contribution >= 0.6 is 11.3 Å². The molecule has 0 spiro atoms. The Morgan fingerprint density at radius 1 is 1.09 bits per heavy atom. The summed E-state index contributed by atoms with van der Waals surface area (Å²) in [7, 11) is 0. The number of nitrogens with zero attached hydrogens (tertiary/aromatic N) is 2. The number of rotatable bonds is 9. The minimum Gasteiger partial charge on any atom is -0.365 e. The van der Waals surface area contributed by atoms with Crippen molar-refractivity contribution in [2.45, 2.75) is 51.4 Å². The number of hydrogen-bond acceptors (Lipinski definition) is 5. The van der Waals surface area contributed by atoms with Gasteiger partial charge < -0.3 is 10.1 Å². The number of anilines is 1. The van der Waals surface area contributed by atoms with E-state index >= 15 is 0 Å². The molecule has 1 saturated heterocycles. The lowest BCUT2D eigenvalue weighted by Gasteiger charge is -2.34. The second-order valence-corrected chi connectivity index (χ2v) is 9.11. The molecule has 0 unspecified atom stereocenters. The van der Waals surface area contributed by atoms with Crippen molar-refractivity contribution in [3.8, 4) is 0 Å². The molecule has 0 radical (unpaired) electrons. The maximum atomic E-state index is 11.8. The molecule has 1 aromatic heterocycles. The summed E-state index contributed by atoms with van der Waals surface area (Å²) in [5.74, 6) is 0.0396. The molecule has 1 aliphatic rings. The average Bonchev–Trinajstić information content (AvgIpc) is 3.26. The second-order valence-electron chi connectivity index (χ2n) is 8.26. The lowest BCUT2D eigenvalue weighted by Crippen LogP contribution is -2.37. The van der Waals surface area contributed by atoms with E-state index in [1.807, 2.05) is 24.4 Å². The van der Waals surface area contributed by atoms with Crippen molar-refractivity contribution in [3.63, 3.8) is 0 Å². The van der Waals surface area contributed by atoms with E-state index < -0.39 is 0 Å². The summed E-state index contributed by atoms with van der Waals surface area (Å²) in [6, 6.07) is 21.0. The van der Waals surface area contributed by atoms with Gasteiger partial charge in [0.1, 0.15) is 6.10 Å². The lowest BCUT2D eigenvalue weighted by molar-refractivity contribution is -0.116. The van der Waals surface area contributed by atoms with Crippen LogP contribution in [0.5, 0.6) is 0 Å². The first-order valence-electron chi connectivity index (χ1n) is 11.4. The number of ether oxygens (including phenoxy) is 1. The summed E-state index contributed by atoms with van der Waals surface area (Å²) < 4.78 is 6.65. The summed E-state index contributed by atoms with van der Waals surface area (Å²) in [4.78, 5) is 18.8. The van der Waals surface area contributed by atoms with Gasteiger partial charge in [-0.1, -0.05) is 67.6 Å². The van der Waals surface area contributed by atoms with Gasteiger partial charge in [-0.15, -0.1) is 11.3 Å². The van der Waals surface area contributed by atoms with Crippen molar-refractivity contribution in [2.24, 2.45) is 0 Å². The molecule has 1 fully saturated rings. The Morgan fingerprint density at radius 2 is 1.72 bits per heavy atom. The summed E-state index contributed by atoms with van der Waals surface area (Å²) in [6.07, 6.45) is 3.57. The van der Waals surface area contributed by atoms with E-state index in [4.69, 9.17) is 4.74 Å². The molecule has 3 aromatic rings. The molecule has 0 aliphatic carbocycles. The quantitative estimate of drug-likeness (QED) is 0.458. The van der Waals surface area contributed by atoms with E-state index in [0.29, 0.717) is 11.6 Å². The number of nitrogens with one attached hydrogen (secondary N) is 1. The zero-order valence-corrected chi connectivity index (χ0v) is 19.4. The molecule has 1 N–H and O–H groups in total. The van der Waals surface area contributed by atoms with Crippen molar-refractivity contribution in [3.05, 3.63) is 82.9 Å². The SMILES string of the molecule is CCCC(=O)Nc1nc(CN2CCC(OC(c3ccccc3)c3ccccc3)CC2)cs1. The molecule has 1 aliphatic heterocycles. The molecule has 2 aromatic carbocycles. The topological polar surface area (TPSA) is 54.5 Å². The van der Waals surface area contributed by atoms with Crippen molar-refractivity contribution < 1.29 is 9.53 Å². The van der Waals surface area contributed by atoms with Crippen LogP contribution in [0.15, 0.2) is 66.0 Å². The van der Waals surface area contributed by atoms with E-state index in [1.165, 1.54) is 22.5 Å². The maximum absolute atomic E-state index is 11.8. The van der Waals surface area contributed by atoms with Crippen LogP contribution in [0.4, 0.5) is 5.13 Å². The highest BCUT2D eigenvalue weighted by atomic mass is 32.1. The molecule has 4 rings (SSSR count). The predicted octanol–water partition coefficient (Wildman–Crippen LogP) is 5.65. The van der Waals surface area contributed by atoms with Crippen molar-refractivity contribution in [1.82, 2.24) is 9.88 Å². The van der Waals surface area contributed by atoms with Gasteiger partial charge in [0.25, 0.3) is 0 Å². The van der Waals surface area contributed by atoms with E-state index in [9.17, 15) is 4.79 Å². The predicted molar refractivity (Wildman–Crippen MR) is 130 cm³/mol. The number of benzene rings is 2. The van der Waals surface area contributed by atoms with Crippen LogP contribution in [0.25, 0.3) is 0 Å². The van der Waals surface area contributed by atoms with Crippen LogP contribution in [0.3, 0.4) is 0 Å². The van der Waals surface area contributed by atoms with Gasteiger partial charge in [-0.2, -0.15) is 0 Å². The van der Waals surface area contributed by atoms with E-state index in [2.05, 4.69) is 63.7 Å². The molecule has 5 nitrogen and oxygen atoms in total. The highest BCUT2D eigenvalue weighted by Gasteiger charge is 2.25. The number of carbonyl (C=O) groups is 1. The Labute approximate surface area is 194 Å². The van der Waals surface area contributed by atoms with Gasteiger partial charge >= 0.3 is 0 Å². The van der Waals surface area contributed by atoms with E-state index in [-0.39, 0.29) is 18.1 Å². The summed E-state index contributed by atoms with van der Waals surface area (Å²) in [6.45, 7) is 4.78. The molecule has 0 saturated carbocycles. The molecule has 6 heteroatoms. The Kier molecular flexibility index (Phi) is 8.04. The fourth-order valence-electron chi connectivity index (χ4n) is 4.08. The van der Waals surface area contributed by atoms with Gasteiger partial charge in [0, 0.05) is 31.4 Å². The van der Waals surface area contributed by atoms with Gasteiger partial charge in [0.05, 0.1) is 11.8 Å². The van der Waals surface area contributed by atoms with E-state index in [1.54, 1.807) is 0 Å². The molecule has 168 valence electrons. The zero-order chi connectivity index (χ0) is 22.2. The van der Waals surface area contributed by atoms with Crippen LogP contribution in [-0.4, -0.2) is 35.0 Å². The molecular formula is C26H31N3O2S. The first-order valence-corrected chi connectivity index (χ1v) is 12.3. The summed E-state index contributed by atoms with van der Waals surface area (Å²) in [5, 5.41) is 5.64. The van der Waals surface area contributed by atoms with Crippen LogP contribution < -0.4 is 5.32 Å². The Morgan fingerprint density at radius 3 is 2.31 bits per heavy atom. The first kappa shape index (κ1) is 22.6. The molecule has 2 heterocycles. The number of thiazole rings is 1. The summed E-state index contributed by atoms with van der Waals surface area (Å²) >= 11 is 1.50.